The number of ketones is 1. The van der Waals surface area contributed by atoms with Crippen molar-refractivity contribution in [2.45, 2.75) is 58.8 Å². The highest BCUT2D eigenvalue weighted by atomic mass is 16.5. The molecule has 0 saturated heterocycles. The van der Waals surface area contributed by atoms with E-state index in [-0.39, 0.29) is 17.3 Å². The van der Waals surface area contributed by atoms with E-state index < -0.39 is 0 Å². The summed E-state index contributed by atoms with van der Waals surface area (Å²) in [5.74, 6) is 0.587. The third kappa shape index (κ3) is 4.71. The Balaban J connectivity index is 2.39. The molecule has 0 bridgehead atoms. The maximum Gasteiger partial charge on any atom is 0.255 e. The Kier molecular flexibility index (Phi) is 7.89. The van der Waals surface area contributed by atoms with E-state index in [9.17, 15) is 9.59 Å². The number of amides is 1. The molecule has 1 aliphatic rings. The van der Waals surface area contributed by atoms with Crippen molar-refractivity contribution in [2.75, 3.05) is 20.8 Å². The third-order valence-electron chi connectivity index (χ3n) is 4.95. The van der Waals surface area contributed by atoms with Gasteiger partial charge in [-0.25, -0.2) is 0 Å². The molecule has 0 aliphatic heterocycles. The number of Topliss-reactive ketones (excluding diaryl/α,β-unsaturated/α-hetero) is 1. The van der Waals surface area contributed by atoms with Crippen molar-refractivity contribution in [2.24, 2.45) is 0 Å². The van der Waals surface area contributed by atoms with Crippen LogP contribution in [0.5, 0.6) is 11.5 Å². The second kappa shape index (κ2) is 10.1. The van der Waals surface area contributed by atoms with Crippen molar-refractivity contribution < 1.29 is 19.1 Å². The third-order valence-corrected chi connectivity index (χ3v) is 4.95. The van der Waals surface area contributed by atoms with Gasteiger partial charge in [-0.2, -0.15) is 0 Å². The predicted molar refractivity (Wildman–Crippen MR) is 107 cm³/mol. The molecule has 1 aromatic rings. The summed E-state index contributed by atoms with van der Waals surface area (Å²) in [6, 6.07) is 3.52. The highest BCUT2D eigenvalue weighted by Crippen LogP contribution is 2.42. The average Bonchev–Trinajstić information content (AvgIpc) is 2.95. The smallest absolute Gasteiger partial charge is 0.255 e. The molecular formula is C22H31NO4. The Bertz CT molecular complexity index is 721. The number of unbranched alkanes of at least 4 members (excludes halogenated alkanes) is 4. The van der Waals surface area contributed by atoms with Crippen LogP contribution in [-0.4, -0.2) is 32.5 Å². The van der Waals surface area contributed by atoms with Crippen molar-refractivity contribution in [1.82, 2.24) is 5.32 Å². The number of carbonyl (C=O) groups excluding carboxylic acids is 2. The number of nitrogens with one attached hydrogen (secondary N) is 1. The van der Waals surface area contributed by atoms with Gasteiger partial charge in [-0.1, -0.05) is 39.5 Å². The fourth-order valence-electron chi connectivity index (χ4n) is 3.42. The van der Waals surface area contributed by atoms with Crippen molar-refractivity contribution in [3.8, 4) is 11.5 Å². The molecule has 5 nitrogen and oxygen atoms in total. The van der Waals surface area contributed by atoms with Gasteiger partial charge in [0.2, 0.25) is 0 Å². The highest BCUT2D eigenvalue weighted by molar-refractivity contribution is 6.34. The molecule has 0 fully saturated rings. The Morgan fingerprint density at radius 2 is 1.56 bits per heavy atom. The zero-order chi connectivity index (χ0) is 19.8. The monoisotopic (exact) mass is 373 g/mol. The van der Waals surface area contributed by atoms with Gasteiger partial charge in [0, 0.05) is 12.1 Å². The summed E-state index contributed by atoms with van der Waals surface area (Å²) >= 11 is 0. The first kappa shape index (κ1) is 21.0. The summed E-state index contributed by atoms with van der Waals surface area (Å²) in [6.07, 6.45) is 6.93. The van der Waals surface area contributed by atoms with Gasteiger partial charge < -0.3 is 14.8 Å². The quantitative estimate of drug-likeness (QED) is 0.457. The van der Waals surface area contributed by atoms with Crippen LogP contribution in [0.15, 0.2) is 17.7 Å². The van der Waals surface area contributed by atoms with E-state index in [1.54, 1.807) is 20.3 Å². The minimum Gasteiger partial charge on any atom is -0.493 e. The second-order valence-electron chi connectivity index (χ2n) is 6.86. The number of rotatable bonds is 11. The summed E-state index contributed by atoms with van der Waals surface area (Å²) in [5, 5.41) is 2.90. The molecule has 5 heteroatoms. The van der Waals surface area contributed by atoms with Gasteiger partial charge in [0.1, 0.15) is 0 Å². The molecule has 0 radical (unpaired) electrons. The van der Waals surface area contributed by atoms with Crippen LogP contribution in [0.4, 0.5) is 0 Å². The lowest BCUT2D eigenvalue weighted by Gasteiger charge is -2.12. The van der Waals surface area contributed by atoms with Crippen molar-refractivity contribution >= 4 is 17.3 Å². The summed E-state index contributed by atoms with van der Waals surface area (Å²) in [5.41, 5.74) is 2.45. The number of methoxy groups -OCH3 is 2. The van der Waals surface area contributed by atoms with E-state index in [1.807, 2.05) is 6.07 Å². The van der Waals surface area contributed by atoms with Gasteiger partial charge in [-0.05, 0) is 42.5 Å². The van der Waals surface area contributed by atoms with Crippen LogP contribution in [-0.2, 0) is 4.79 Å². The molecular weight excluding hydrogens is 342 g/mol. The molecule has 2 rings (SSSR count). The maximum atomic E-state index is 13.0. The van der Waals surface area contributed by atoms with Gasteiger partial charge in [-0.3, -0.25) is 9.59 Å². The standard InChI is InChI=1S/C22H31NO4/c1-5-7-9-10-11-15-16-13-18(26-3)19(27-4)14-17(16)21(24)20(15)22(25)23-12-8-6-2/h13-14H,5-12H2,1-4H3,(H,23,25). The number of allylic oxidation sites excluding steroid dienone is 1. The number of hydrogen-bond acceptors (Lipinski definition) is 4. The second-order valence-corrected chi connectivity index (χ2v) is 6.86. The zero-order valence-electron chi connectivity index (χ0n) is 16.9. The minimum absolute atomic E-state index is 0.217. The lowest BCUT2D eigenvalue weighted by Crippen LogP contribution is -2.28. The van der Waals surface area contributed by atoms with Crippen molar-refractivity contribution in [3.05, 3.63) is 28.8 Å². The number of ether oxygens (including phenoxy) is 2. The number of carbonyl (C=O) groups is 2. The molecule has 1 aliphatic carbocycles. The first-order chi connectivity index (χ1) is 13.1. The van der Waals surface area contributed by atoms with Crippen LogP contribution in [0.2, 0.25) is 0 Å². The Morgan fingerprint density at radius 3 is 2.15 bits per heavy atom. The van der Waals surface area contributed by atoms with Crippen LogP contribution in [0.1, 0.15) is 74.7 Å². The van der Waals surface area contributed by atoms with Crippen LogP contribution in [0.3, 0.4) is 0 Å². The number of benzene rings is 1. The van der Waals surface area contributed by atoms with E-state index in [4.69, 9.17) is 9.47 Å². The molecule has 27 heavy (non-hydrogen) atoms. The molecule has 0 atom stereocenters. The van der Waals surface area contributed by atoms with Crippen molar-refractivity contribution in [3.63, 3.8) is 0 Å². The molecule has 0 saturated carbocycles. The number of hydrogen-bond donors (Lipinski definition) is 1. The minimum atomic E-state index is -0.270. The molecule has 0 aromatic heterocycles. The van der Waals surface area contributed by atoms with Crippen LogP contribution < -0.4 is 14.8 Å². The normalized spacial score (nSPS) is 13.0. The molecule has 1 amide bonds. The largest absolute Gasteiger partial charge is 0.493 e. The molecule has 148 valence electrons. The lowest BCUT2D eigenvalue weighted by molar-refractivity contribution is -0.117. The Labute approximate surface area is 162 Å². The first-order valence-electron chi connectivity index (χ1n) is 9.91. The van der Waals surface area contributed by atoms with Gasteiger partial charge in [0.25, 0.3) is 5.91 Å². The van der Waals surface area contributed by atoms with Crippen LogP contribution >= 0.6 is 0 Å². The summed E-state index contributed by atoms with van der Waals surface area (Å²) < 4.78 is 10.7. The highest BCUT2D eigenvalue weighted by Gasteiger charge is 2.34. The topological polar surface area (TPSA) is 64.6 Å². The van der Waals surface area contributed by atoms with Gasteiger partial charge >= 0.3 is 0 Å². The fourth-order valence-corrected chi connectivity index (χ4v) is 3.42. The molecule has 0 spiro atoms. The molecule has 0 unspecified atom stereocenters. The summed E-state index contributed by atoms with van der Waals surface area (Å²) in [7, 11) is 3.12. The lowest BCUT2D eigenvalue weighted by atomic mass is 9.98. The Hall–Kier alpha value is -2.30. The average molecular weight is 373 g/mol. The Morgan fingerprint density at radius 1 is 0.926 bits per heavy atom. The molecule has 1 aromatic carbocycles. The molecule has 0 heterocycles. The first-order valence-corrected chi connectivity index (χ1v) is 9.91. The van der Waals surface area contributed by atoms with Gasteiger partial charge in [0.05, 0.1) is 19.8 Å². The molecule has 1 N–H and O–H groups in total. The number of fused-ring (bicyclic) bond motifs is 1. The van der Waals surface area contributed by atoms with Crippen molar-refractivity contribution in [1.29, 1.82) is 0 Å². The summed E-state index contributed by atoms with van der Waals surface area (Å²) in [4.78, 5) is 25.8. The van der Waals surface area contributed by atoms with E-state index in [0.29, 0.717) is 30.0 Å². The van der Waals surface area contributed by atoms with Crippen LogP contribution in [0.25, 0.3) is 5.57 Å². The van der Waals surface area contributed by atoms with E-state index >= 15 is 0 Å². The van der Waals surface area contributed by atoms with E-state index in [1.165, 1.54) is 0 Å². The summed E-state index contributed by atoms with van der Waals surface area (Å²) in [6.45, 7) is 4.81. The maximum absolute atomic E-state index is 13.0. The predicted octanol–water partition coefficient (Wildman–Crippen LogP) is 4.54. The fraction of sp³-hybridized carbons (Fsp3) is 0.545. The SMILES string of the molecule is CCCCCCC1=C(C(=O)NCCCC)C(=O)c2cc(OC)c(OC)cc21. The van der Waals surface area contributed by atoms with E-state index in [2.05, 4.69) is 19.2 Å². The van der Waals surface area contributed by atoms with Gasteiger partial charge in [0.15, 0.2) is 17.3 Å². The van der Waals surface area contributed by atoms with E-state index in [0.717, 1.165) is 49.7 Å². The van der Waals surface area contributed by atoms with Gasteiger partial charge in [-0.15, -0.1) is 0 Å². The van der Waals surface area contributed by atoms with Crippen LogP contribution in [0, 0.1) is 0 Å². The zero-order valence-corrected chi connectivity index (χ0v) is 16.9.